The van der Waals surface area contributed by atoms with Crippen LogP contribution in [0.15, 0.2) is 36.7 Å². The van der Waals surface area contributed by atoms with Gasteiger partial charge in [0.1, 0.15) is 23.2 Å². The molecule has 0 bridgehead atoms. The molecule has 5 rings (SSSR count). The van der Waals surface area contributed by atoms with Crippen molar-refractivity contribution in [3.8, 4) is 5.75 Å². The van der Waals surface area contributed by atoms with Crippen LogP contribution >= 0.6 is 0 Å². The average molecular weight is 614 g/mol. The van der Waals surface area contributed by atoms with E-state index in [-0.39, 0.29) is 30.7 Å². The van der Waals surface area contributed by atoms with Crippen LogP contribution in [-0.2, 0) is 11.2 Å². The summed E-state index contributed by atoms with van der Waals surface area (Å²) in [5.74, 6) is -3.12. The Labute approximate surface area is 254 Å². The molecule has 4 heterocycles. The van der Waals surface area contributed by atoms with Crippen LogP contribution in [0.4, 0.5) is 23.9 Å². The molecule has 2 saturated heterocycles. The van der Waals surface area contributed by atoms with Crippen LogP contribution in [0, 0.1) is 23.4 Å². The van der Waals surface area contributed by atoms with E-state index in [0.29, 0.717) is 17.8 Å². The molecule has 1 amide bonds. The fourth-order valence-corrected chi connectivity index (χ4v) is 5.65. The second-order valence-corrected chi connectivity index (χ2v) is 12.2. The monoisotopic (exact) mass is 613 g/mol. The third kappa shape index (κ3) is 7.55. The fraction of sp³-hybridized carbons (Fsp3) is 0.516. The quantitative estimate of drug-likeness (QED) is 0.344. The van der Waals surface area contributed by atoms with Crippen LogP contribution < -0.4 is 20.3 Å². The molecule has 236 valence electrons. The highest BCUT2D eigenvalue weighted by Gasteiger charge is 2.39. The number of nitrogens with one attached hydrogen (secondary N) is 2. The van der Waals surface area contributed by atoms with Crippen LogP contribution in [0.2, 0.25) is 0 Å². The van der Waals surface area contributed by atoms with E-state index >= 15 is 0 Å². The van der Waals surface area contributed by atoms with E-state index in [1.807, 2.05) is 19.1 Å². The lowest BCUT2D eigenvalue weighted by molar-refractivity contribution is 0.0504. The first-order valence-corrected chi connectivity index (χ1v) is 14.9. The maximum absolute atomic E-state index is 14.9. The summed E-state index contributed by atoms with van der Waals surface area (Å²) >= 11 is 0. The highest BCUT2D eigenvalue weighted by molar-refractivity contribution is 5.68. The van der Waals surface area contributed by atoms with Crippen LogP contribution in [0.1, 0.15) is 69.5 Å². The van der Waals surface area contributed by atoms with Gasteiger partial charge in [-0.2, -0.15) is 10.2 Å². The summed E-state index contributed by atoms with van der Waals surface area (Å²) in [6.07, 6.45) is 4.71. The van der Waals surface area contributed by atoms with Crippen LogP contribution in [0.3, 0.4) is 0 Å². The number of halogens is 3. The number of rotatable bonds is 8. The van der Waals surface area contributed by atoms with Crippen molar-refractivity contribution in [1.82, 2.24) is 30.8 Å². The van der Waals surface area contributed by atoms with Crippen molar-refractivity contribution < 1.29 is 27.4 Å². The van der Waals surface area contributed by atoms with Gasteiger partial charge in [-0.15, -0.1) is 0 Å². The standard InChI is InChI=1S/C31H38F3N7O3/c1-5-19-6-7-26(40-39-19)28(18-8-10-35-11-9-18)43-20-14-36-29(37-15-20)41-16-22(21-12-24(33)25(34)13-23(21)32)27(17-41)38-30(42)44-31(2,3)4/h6-7,12-15,18,22,27-28,35H,5,8-11,16-17H2,1-4H3,(H,38,42). The molecular weight excluding hydrogens is 575 g/mol. The van der Waals surface area contributed by atoms with Gasteiger partial charge in [-0.3, -0.25) is 0 Å². The normalized spacial score (nSPS) is 19.9. The molecule has 2 fully saturated rings. The summed E-state index contributed by atoms with van der Waals surface area (Å²) in [7, 11) is 0. The Morgan fingerprint density at radius 3 is 2.39 bits per heavy atom. The average Bonchev–Trinajstić information content (AvgIpc) is 3.40. The number of alkyl carbamates (subject to hydrolysis) is 1. The first kappa shape index (κ1) is 31.4. The topological polar surface area (TPSA) is 114 Å². The number of carbonyl (C=O) groups excluding carboxylic acids is 1. The van der Waals surface area contributed by atoms with Crippen molar-refractivity contribution >= 4 is 12.0 Å². The number of anilines is 1. The minimum Gasteiger partial charge on any atom is -0.481 e. The molecule has 0 radical (unpaired) electrons. The number of amides is 1. The maximum atomic E-state index is 14.9. The van der Waals surface area contributed by atoms with Crippen molar-refractivity contribution in [2.45, 2.75) is 70.6 Å². The number of carbonyl (C=O) groups is 1. The number of nitrogens with zero attached hydrogens (tertiary/aromatic N) is 5. The van der Waals surface area contributed by atoms with E-state index in [2.05, 4.69) is 30.8 Å². The van der Waals surface area contributed by atoms with E-state index in [0.717, 1.165) is 49.8 Å². The zero-order chi connectivity index (χ0) is 31.4. The molecule has 0 saturated carbocycles. The summed E-state index contributed by atoms with van der Waals surface area (Å²) in [6.45, 7) is 9.27. The van der Waals surface area contributed by atoms with Gasteiger partial charge in [-0.25, -0.2) is 27.9 Å². The minimum atomic E-state index is -1.29. The number of ether oxygens (including phenoxy) is 2. The third-order valence-corrected chi connectivity index (χ3v) is 7.83. The highest BCUT2D eigenvalue weighted by Crippen LogP contribution is 2.35. The van der Waals surface area contributed by atoms with Gasteiger partial charge in [0.25, 0.3) is 0 Å². The Morgan fingerprint density at radius 2 is 1.75 bits per heavy atom. The number of aromatic nitrogens is 4. The number of benzene rings is 1. The largest absolute Gasteiger partial charge is 0.481 e. The molecule has 3 aromatic rings. The zero-order valence-corrected chi connectivity index (χ0v) is 25.3. The molecule has 0 spiro atoms. The third-order valence-electron chi connectivity index (χ3n) is 7.83. The molecule has 3 atom stereocenters. The Balaban J connectivity index is 1.36. The molecule has 44 heavy (non-hydrogen) atoms. The summed E-state index contributed by atoms with van der Waals surface area (Å²) in [5, 5.41) is 14.9. The second kappa shape index (κ2) is 13.3. The van der Waals surface area contributed by atoms with Crippen molar-refractivity contribution in [3.05, 3.63) is 71.1 Å². The second-order valence-electron chi connectivity index (χ2n) is 12.2. The molecule has 10 nitrogen and oxygen atoms in total. The molecular formula is C31H38F3N7O3. The molecule has 1 aromatic carbocycles. The van der Waals surface area contributed by atoms with Crippen LogP contribution in [0.5, 0.6) is 5.75 Å². The van der Waals surface area contributed by atoms with Crippen molar-refractivity contribution in [1.29, 1.82) is 0 Å². The molecule has 13 heteroatoms. The van der Waals surface area contributed by atoms with Gasteiger partial charge >= 0.3 is 6.09 Å². The Kier molecular flexibility index (Phi) is 9.52. The fourth-order valence-electron chi connectivity index (χ4n) is 5.65. The minimum absolute atomic E-state index is 0.0626. The van der Waals surface area contributed by atoms with E-state index < -0.39 is 41.1 Å². The molecule has 0 aliphatic carbocycles. The van der Waals surface area contributed by atoms with Gasteiger partial charge in [0.15, 0.2) is 17.4 Å². The predicted octanol–water partition coefficient (Wildman–Crippen LogP) is 4.86. The Hall–Kier alpha value is -4.00. The van der Waals surface area contributed by atoms with Crippen LogP contribution in [0.25, 0.3) is 0 Å². The predicted molar refractivity (Wildman–Crippen MR) is 157 cm³/mol. The number of hydrogen-bond donors (Lipinski definition) is 2. The van der Waals surface area contributed by atoms with E-state index in [9.17, 15) is 18.0 Å². The van der Waals surface area contributed by atoms with Gasteiger partial charge < -0.3 is 25.0 Å². The van der Waals surface area contributed by atoms with Crippen molar-refractivity contribution in [3.63, 3.8) is 0 Å². The Morgan fingerprint density at radius 1 is 1.05 bits per heavy atom. The van der Waals surface area contributed by atoms with Crippen molar-refractivity contribution in [2.75, 3.05) is 31.1 Å². The maximum Gasteiger partial charge on any atom is 0.407 e. The molecule has 3 unspecified atom stereocenters. The molecule has 2 aliphatic heterocycles. The molecule has 2 N–H and O–H groups in total. The summed E-state index contributed by atoms with van der Waals surface area (Å²) in [4.78, 5) is 23.4. The van der Waals surface area contributed by atoms with E-state index in [1.165, 1.54) is 0 Å². The zero-order valence-electron chi connectivity index (χ0n) is 25.3. The van der Waals surface area contributed by atoms with Crippen molar-refractivity contribution in [2.24, 2.45) is 5.92 Å². The Bertz CT molecular complexity index is 1430. The smallest absolute Gasteiger partial charge is 0.407 e. The van der Waals surface area contributed by atoms with Gasteiger partial charge in [0, 0.05) is 31.0 Å². The van der Waals surface area contributed by atoms with Gasteiger partial charge in [-0.1, -0.05) is 6.92 Å². The summed E-state index contributed by atoms with van der Waals surface area (Å²) in [5.41, 5.74) is 0.814. The van der Waals surface area contributed by atoms with Gasteiger partial charge in [-0.05, 0) is 76.9 Å². The number of piperidine rings is 1. The lowest BCUT2D eigenvalue weighted by Crippen LogP contribution is -2.43. The summed E-state index contributed by atoms with van der Waals surface area (Å²) < 4.78 is 54.6. The summed E-state index contributed by atoms with van der Waals surface area (Å²) in [6, 6.07) is 4.56. The van der Waals surface area contributed by atoms with Gasteiger partial charge in [0.05, 0.1) is 24.1 Å². The molecule has 2 aliphatic rings. The van der Waals surface area contributed by atoms with Gasteiger partial charge in [0.2, 0.25) is 5.95 Å². The van der Waals surface area contributed by atoms with Crippen LogP contribution in [-0.4, -0.2) is 64.1 Å². The first-order valence-electron chi connectivity index (χ1n) is 14.9. The SMILES string of the molecule is CCc1ccc(C(Oc2cnc(N3CC(NC(=O)OC(C)(C)C)C(c4cc(F)c(F)cc4F)C3)nc2)C2CCNCC2)nn1. The number of aryl methyl sites for hydroxylation is 1. The molecule has 2 aromatic heterocycles. The highest BCUT2D eigenvalue weighted by atomic mass is 19.2. The lowest BCUT2D eigenvalue weighted by Gasteiger charge is -2.30. The van der Waals surface area contributed by atoms with E-state index in [4.69, 9.17) is 9.47 Å². The lowest BCUT2D eigenvalue weighted by atomic mass is 9.90. The van der Waals surface area contributed by atoms with E-state index in [1.54, 1.807) is 38.1 Å². The first-order chi connectivity index (χ1) is 21.0. The number of hydrogen-bond acceptors (Lipinski definition) is 9.